The molecule has 0 aromatic carbocycles. The molecule has 0 saturated carbocycles. The van der Waals surface area contributed by atoms with E-state index in [-0.39, 0.29) is 6.61 Å². The number of rotatable bonds is 8. The largest absolute Gasteiger partial charge is 0.396 e. The van der Waals surface area contributed by atoms with Gasteiger partial charge in [0.05, 0.1) is 0 Å². The normalized spacial score (nSPS) is 12.6. The van der Waals surface area contributed by atoms with Gasteiger partial charge in [0.2, 0.25) is 0 Å². The Kier molecular flexibility index (Phi) is 6.71. The van der Waals surface area contributed by atoms with Crippen LogP contribution in [0.25, 0.3) is 0 Å². The molecule has 1 aromatic rings. The summed E-state index contributed by atoms with van der Waals surface area (Å²) in [6.07, 6.45) is 1.87. The van der Waals surface area contributed by atoms with Gasteiger partial charge in [-0.05, 0) is 19.3 Å². The Labute approximate surface area is 122 Å². The maximum absolute atomic E-state index is 9.06. The molecule has 0 saturated heterocycles. The summed E-state index contributed by atoms with van der Waals surface area (Å²) in [5.74, 6) is 3.38. The number of hydrogen-bond donors (Lipinski definition) is 3. The first-order valence-electron chi connectivity index (χ1n) is 7.44. The third-order valence-electron chi connectivity index (χ3n) is 3.59. The fourth-order valence-corrected chi connectivity index (χ4v) is 2.08. The molecule has 0 fully saturated rings. The van der Waals surface area contributed by atoms with Crippen molar-refractivity contribution in [1.29, 1.82) is 0 Å². The molecule has 1 unspecified atom stereocenters. The van der Waals surface area contributed by atoms with Crippen molar-refractivity contribution in [2.75, 3.05) is 30.8 Å². The molecular weight excluding hydrogens is 252 g/mol. The third kappa shape index (κ3) is 4.34. The molecule has 1 aromatic heterocycles. The van der Waals surface area contributed by atoms with Crippen LogP contribution in [0.1, 0.15) is 50.9 Å². The van der Waals surface area contributed by atoms with E-state index in [1.54, 1.807) is 0 Å². The summed E-state index contributed by atoms with van der Waals surface area (Å²) in [5, 5.41) is 15.6. The van der Waals surface area contributed by atoms with E-state index in [1.807, 2.05) is 14.0 Å². The van der Waals surface area contributed by atoms with Gasteiger partial charge in [0, 0.05) is 31.7 Å². The van der Waals surface area contributed by atoms with Gasteiger partial charge in [-0.3, -0.25) is 0 Å². The molecule has 5 nitrogen and oxygen atoms in total. The molecule has 0 aliphatic heterocycles. The fraction of sp³-hybridized carbons (Fsp3) is 0.733. The van der Waals surface area contributed by atoms with Crippen LogP contribution in [0.4, 0.5) is 11.6 Å². The lowest BCUT2D eigenvalue weighted by Crippen LogP contribution is -2.18. The molecule has 0 radical (unpaired) electrons. The lowest BCUT2D eigenvalue weighted by molar-refractivity contribution is 0.258. The number of hydrogen-bond acceptors (Lipinski definition) is 5. The molecule has 114 valence electrons. The first-order valence-corrected chi connectivity index (χ1v) is 7.44. The third-order valence-corrected chi connectivity index (χ3v) is 3.59. The highest BCUT2D eigenvalue weighted by Crippen LogP contribution is 2.23. The van der Waals surface area contributed by atoms with E-state index in [0.29, 0.717) is 11.8 Å². The number of nitrogens with zero attached hydrogens (tertiary/aromatic N) is 2. The van der Waals surface area contributed by atoms with E-state index < -0.39 is 0 Å². The van der Waals surface area contributed by atoms with Crippen LogP contribution in [0.2, 0.25) is 0 Å². The second-order valence-corrected chi connectivity index (χ2v) is 5.48. The first kappa shape index (κ1) is 16.7. The lowest BCUT2D eigenvalue weighted by Gasteiger charge is -2.18. The summed E-state index contributed by atoms with van der Waals surface area (Å²) < 4.78 is 0. The van der Waals surface area contributed by atoms with E-state index >= 15 is 0 Å². The standard InChI is InChI=1S/C15H28N4O/c1-6-12(7-8-20)9-17-15-11(4)14(16-5)18-13(19-15)10(2)3/h10,12,20H,6-9H2,1-5H3,(H2,16,17,18,19). The van der Waals surface area contributed by atoms with Crippen LogP contribution < -0.4 is 10.6 Å². The van der Waals surface area contributed by atoms with Crippen molar-refractivity contribution in [3.05, 3.63) is 11.4 Å². The fourth-order valence-electron chi connectivity index (χ4n) is 2.08. The van der Waals surface area contributed by atoms with Crippen LogP contribution in [0.5, 0.6) is 0 Å². The topological polar surface area (TPSA) is 70.1 Å². The van der Waals surface area contributed by atoms with Crippen LogP contribution in [0.3, 0.4) is 0 Å². The first-order chi connectivity index (χ1) is 9.53. The highest BCUT2D eigenvalue weighted by atomic mass is 16.3. The summed E-state index contributed by atoms with van der Waals surface area (Å²) in [4.78, 5) is 9.15. The minimum atomic E-state index is 0.238. The zero-order valence-electron chi connectivity index (χ0n) is 13.3. The van der Waals surface area contributed by atoms with E-state index in [0.717, 1.165) is 42.4 Å². The summed E-state index contributed by atoms with van der Waals surface area (Å²) in [5.41, 5.74) is 1.04. The van der Waals surface area contributed by atoms with Crippen molar-refractivity contribution in [2.45, 2.75) is 46.5 Å². The molecule has 1 heterocycles. The second kappa shape index (κ2) is 8.04. The Morgan fingerprint density at radius 3 is 2.35 bits per heavy atom. The number of aromatic nitrogens is 2. The molecule has 0 aliphatic rings. The quantitative estimate of drug-likeness (QED) is 0.683. The van der Waals surface area contributed by atoms with Gasteiger partial charge in [0.25, 0.3) is 0 Å². The monoisotopic (exact) mass is 280 g/mol. The summed E-state index contributed by atoms with van der Waals surface area (Å²) in [7, 11) is 1.88. The number of anilines is 2. The predicted octanol–water partition coefficient (Wildman–Crippen LogP) is 2.77. The van der Waals surface area contributed by atoms with Crippen LogP contribution >= 0.6 is 0 Å². The van der Waals surface area contributed by atoms with Crippen molar-refractivity contribution in [1.82, 2.24) is 9.97 Å². The summed E-state index contributed by atoms with van der Waals surface area (Å²) in [6.45, 7) is 9.42. The Balaban J connectivity index is 2.90. The van der Waals surface area contributed by atoms with E-state index in [4.69, 9.17) is 5.11 Å². The minimum absolute atomic E-state index is 0.238. The second-order valence-electron chi connectivity index (χ2n) is 5.48. The van der Waals surface area contributed by atoms with Crippen molar-refractivity contribution >= 4 is 11.6 Å². The smallest absolute Gasteiger partial charge is 0.135 e. The maximum Gasteiger partial charge on any atom is 0.135 e. The maximum atomic E-state index is 9.06. The molecular formula is C15H28N4O. The lowest BCUT2D eigenvalue weighted by atomic mass is 10.0. The Hall–Kier alpha value is -1.36. The van der Waals surface area contributed by atoms with Crippen molar-refractivity contribution in [3.63, 3.8) is 0 Å². The zero-order chi connectivity index (χ0) is 15.1. The van der Waals surface area contributed by atoms with Crippen molar-refractivity contribution in [3.8, 4) is 0 Å². The number of nitrogens with one attached hydrogen (secondary N) is 2. The van der Waals surface area contributed by atoms with Gasteiger partial charge in [-0.1, -0.05) is 27.2 Å². The van der Waals surface area contributed by atoms with Gasteiger partial charge in [0.1, 0.15) is 17.5 Å². The minimum Gasteiger partial charge on any atom is -0.396 e. The molecule has 0 bridgehead atoms. The van der Waals surface area contributed by atoms with Crippen LogP contribution in [0, 0.1) is 12.8 Å². The van der Waals surface area contributed by atoms with Crippen molar-refractivity contribution < 1.29 is 5.11 Å². The summed E-state index contributed by atoms with van der Waals surface area (Å²) >= 11 is 0. The van der Waals surface area contributed by atoms with Crippen LogP contribution in [-0.4, -0.2) is 35.3 Å². The Bertz CT molecular complexity index is 421. The molecule has 20 heavy (non-hydrogen) atoms. The van der Waals surface area contributed by atoms with E-state index in [9.17, 15) is 0 Å². The van der Waals surface area contributed by atoms with E-state index in [2.05, 4.69) is 41.4 Å². The highest BCUT2D eigenvalue weighted by molar-refractivity contribution is 5.57. The molecule has 1 atom stereocenters. The summed E-state index contributed by atoms with van der Waals surface area (Å²) in [6, 6.07) is 0. The van der Waals surface area contributed by atoms with Gasteiger partial charge in [-0.2, -0.15) is 0 Å². The molecule has 5 heteroatoms. The molecule has 3 N–H and O–H groups in total. The van der Waals surface area contributed by atoms with E-state index in [1.165, 1.54) is 0 Å². The number of aliphatic hydroxyl groups is 1. The molecule has 0 aliphatic carbocycles. The van der Waals surface area contributed by atoms with Crippen LogP contribution in [0.15, 0.2) is 0 Å². The van der Waals surface area contributed by atoms with Crippen LogP contribution in [-0.2, 0) is 0 Å². The zero-order valence-corrected chi connectivity index (χ0v) is 13.3. The predicted molar refractivity (Wildman–Crippen MR) is 84.4 cm³/mol. The average Bonchev–Trinajstić information content (AvgIpc) is 2.44. The molecule has 1 rings (SSSR count). The highest BCUT2D eigenvalue weighted by Gasteiger charge is 2.13. The Morgan fingerprint density at radius 1 is 1.20 bits per heavy atom. The van der Waals surface area contributed by atoms with Gasteiger partial charge in [-0.15, -0.1) is 0 Å². The molecule has 0 spiro atoms. The van der Waals surface area contributed by atoms with Gasteiger partial charge in [-0.25, -0.2) is 9.97 Å². The van der Waals surface area contributed by atoms with Gasteiger partial charge >= 0.3 is 0 Å². The number of aliphatic hydroxyl groups excluding tert-OH is 1. The molecule has 0 amide bonds. The van der Waals surface area contributed by atoms with Gasteiger partial charge in [0.15, 0.2) is 0 Å². The Morgan fingerprint density at radius 2 is 1.85 bits per heavy atom. The SMILES string of the molecule is CCC(CCO)CNc1nc(C(C)C)nc(NC)c1C. The van der Waals surface area contributed by atoms with Crippen molar-refractivity contribution in [2.24, 2.45) is 5.92 Å². The average molecular weight is 280 g/mol. The van der Waals surface area contributed by atoms with Gasteiger partial charge < -0.3 is 15.7 Å².